The van der Waals surface area contributed by atoms with Crippen LogP contribution < -0.4 is 14.8 Å². The molecule has 0 aliphatic carbocycles. The van der Waals surface area contributed by atoms with Gasteiger partial charge >= 0.3 is 0 Å². The number of rotatable bonds is 9. The van der Waals surface area contributed by atoms with Gasteiger partial charge in [-0.1, -0.05) is 49.7 Å². The molecule has 0 aromatic heterocycles. The van der Waals surface area contributed by atoms with Crippen molar-refractivity contribution in [2.45, 2.75) is 40.3 Å². The molecule has 0 radical (unpaired) electrons. The first-order valence-corrected chi connectivity index (χ1v) is 8.64. The molecule has 0 heterocycles. The van der Waals surface area contributed by atoms with E-state index in [1.54, 1.807) is 7.11 Å². The third-order valence-corrected chi connectivity index (χ3v) is 3.97. The molecule has 0 saturated carbocycles. The van der Waals surface area contributed by atoms with Crippen LogP contribution in [0.3, 0.4) is 0 Å². The number of hydrogen-bond donors (Lipinski definition) is 1. The van der Waals surface area contributed by atoms with E-state index in [4.69, 9.17) is 9.47 Å². The van der Waals surface area contributed by atoms with Crippen molar-refractivity contribution < 1.29 is 9.47 Å². The van der Waals surface area contributed by atoms with Gasteiger partial charge in [0.2, 0.25) is 0 Å². The Morgan fingerprint density at radius 3 is 2.28 bits per heavy atom. The van der Waals surface area contributed by atoms with Crippen molar-refractivity contribution >= 4 is 12.4 Å². The molecule has 0 unspecified atom stereocenters. The highest BCUT2D eigenvalue weighted by molar-refractivity contribution is 5.85. The lowest BCUT2D eigenvalue weighted by atomic mass is 10.1. The Kier molecular flexibility index (Phi) is 9.40. The zero-order chi connectivity index (χ0) is 17.4. The van der Waals surface area contributed by atoms with Crippen LogP contribution >= 0.6 is 12.4 Å². The molecule has 138 valence electrons. The van der Waals surface area contributed by atoms with Gasteiger partial charge in [0.1, 0.15) is 6.61 Å². The lowest BCUT2D eigenvalue weighted by molar-refractivity contribution is 0.284. The second-order valence-corrected chi connectivity index (χ2v) is 6.62. The standard InChI is InChI=1S/C21H29NO2.ClH/c1-16(2)11-12-22-14-19-9-10-20(21(13-19)23-4)24-15-18-7-5-17(3)6-8-18;/h5-10,13,16,22H,11-12,14-15H2,1-4H3;1H. The van der Waals surface area contributed by atoms with E-state index in [1.807, 2.05) is 12.1 Å². The summed E-state index contributed by atoms with van der Waals surface area (Å²) in [6.07, 6.45) is 1.19. The lowest BCUT2D eigenvalue weighted by Gasteiger charge is -2.13. The summed E-state index contributed by atoms with van der Waals surface area (Å²) < 4.78 is 11.4. The molecule has 0 aliphatic heterocycles. The summed E-state index contributed by atoms with van der Waals surface area (Å²) in [5.41, 5.74) is 3.62. The highest BCUT2D eigenvalue weighted by Gasteiger charge is 2.06. The van der Waals surface area contributed by atoms with Gasteiger partial charge in [0.15, 0.2) is 11.5 Å². The zero-order valence-corrected chi connectivity index (χ0v) is 16.5. The van der Waals surface area contributed by atoms with Crippen molar-refractivity contribution in [3.8, 4) is 11.5 Å². The van der Waals surface area contributed by atoms with Crippen molar-refractivity contribution in [2.75, 3.05) is 13.7 Å². The summed E-state index contributed by atoms with van der Waals surface area (Å²) in [5, 5.41) is 3.47. The van der Waals surface area contributed by atoms with E-state index in [9.17, 15) is 0 Å². The van der Waals surface area contributed by atoms with E-state index in [0.29, 0.717) is 6.61 Å². The van der Waals surface area contributed by atoms with E-state index < -0.39 is 0 Å². The normalized spacial score (nSPS) is 10.4. The summed E-state index contributed by atoms with van der Waals surface area (Å²) in [5.74, 6) is 2.29. The monoisotopic (exact) mass is 363 g/mol. The molecule has 0 fully saturated rings. The maximum Gasteiger partial charge on any atom is 0.161 e. The minimum atomic E-state index is 0. The summed E-state index contributed by atoms with van der Waals surface area (Å²) in [7, 11) is 1.68. The highest BCUT2D eigenvalue weighted by Crippen LogP contribution is 2.28. The van der Waals surface area contributed by atoms with Gasteiger partial charge in [-0.2, -0.15) is 0 Å². The predicted molar refractivity (Wildman–Crippen MR) is 107 cm³/mol. The summed E-state index contributed by atoms with van der Waals surface area (Å²) in [6, 6.07) is 14.5. The molecule has 0 atom stereocenters. The van der Waals surface area contributed by atoms with Crippen LogP contribution in [-0.4, -0.2) is 13.7 Å². The third-order valence-electron chi connectivity index (χ3n) is 3.97. The predicted octanol–water partition coefficient (Wildman–Crippen LogP) is 5.14. The van der Waals surface area contributed by atoms with Crippen LogP contribution in [0.15, 0.2) is 42.5 Å². The highest BCUT2D eigenvalue weighted by atomic mass is 35.5. The average Bonchev–Trinajstić information content (AvgIpc) is 2.58. The second-order valence-electron chi connectivity index (χ2n) is 6.62. The van der Waals surface area contributed by atoms with Crippen molar-refractivity contribution in [1.82, 2.24) is 5.32 Å². The first-order chi connectivity index (χ1) is 11.6. The SMILES string of the molecule is COc1cc(CNCCC(C)C)ccc1OCc1ccc(C)cc1.Cl. The van der Waals surface area contributed by atoms with Crippen molar-refractivity contribution in [3.63, 3.8) is 0 Å². The topological polar surface area (TPSA) is 30.5 Å². The molecule has 0 amide bonds. The van der Waals surface area contributed by atoms with Crippen molar-refractivity contribution in [3.05, 3.63) is 59.2 Å². The van der Waals surface area contributed by atoms with E-state index in [2.05, 4.69) is 56.4 Å². The van der Waals surface area contributed by atoms with Crippen LogP contribution in [0.1, 0.15) is 37.0 Å². The maximum atomic E-state index is 5.92. The van der Waals surface area contributed by atoms with Crippen molar-refractivity contribution in [1.29, 1.82) is 0 Å². The summed E-state index contributed by atoms with van der Waals surface area (Å²) in [6.45, 7) is 8.99. The zero-order valence-electron chi connectivity index (χ0n) is 15.7. The summed E-state index contributed by atoms with van der Waals surface area (Å²) >= 11 is 0. The molecular weight excluding hydrogens is 334 g/mol. The van der Waals surface area contributed by atoms with E-state index in [-0.39, 0.29) is 12.4 Å². The number of nitrogens with one attached hydrogen (secondary N) is 1. The number of halogens is 1. The van der Waals surface area contributed by atoms with Crippen LogP contribution in [-0.2, 0) is 13.2 Å². The van der Waals surface area contributed by atoms with Crippen LogP contribution in [0.2, 0.25) is 0 Å². The molecule has 0 aliphatic rings. The molecule has 2 aromatic rings. The Morgan fingerprint density at radius 2 is 1.64 bits per heavy atom. The Labute approximate surface area is 158 Å². The molecule has 0 spiro atoms. The fourth-order valence-corrected chi connectivity index (χ4v) is 2.41. The minimum Gasteiger partial charge on any atom is -0.493 e. The van der Waals surface area contributed by atoms with Crippen LogP contribution in [0, 0.1) is 12.8 Å². The molecule has 4 heteroatoms. The fourth-order valence-electron chi connectivity index (χ4n) is 2.41. The number of methoxy groups -OCH3 is 1. The van der Waals surface area contributed by atoms with Gasteiger partial charge in [-0.3, -0.25) is 0 Å². The molecule has 2 aromatic carbocycles. The Balaban J connectivity index is 0.00000312. The molecule has 0 saturated heterocycles. The lowest BCUT2D eigenvalue weighted by Crippen LogP contribution is -2.16. The van der Waals surface area contributed by atoms with Crippen LogP contribution in [0.4, 0.5) is 0 Å². The van der Waals surface area contributed by atoms with Gasteiger partial charge in [-0.25, -0.2) is 0 Å². The first kappa shape index (κ1) is 21.3. The fraction of sp³-hybridized carbons (Fsp3) is 0.429. The molecular formula is C21H30ClNO2. The maximum absolute atomic E-state index is 5.92. The second kappa shape index (κ2) is 11.0. The van der Waals surface area contributed by atoms with Gasteiger partial charge in [0.05, 0.1) is 7.11 Å². The number of ether oxygens (including phenoxy) is 2. The number of hydrogen-bond acceptors (Lipinski definition) is 3. The van der Waals surface area contributed by atoms with Crippen LogP contribution in [0.5, 0.6) is 11.5 Å². The Hall–Kier alpha value is -1.71. The van der Waals surface area contributed by atoms with Crippen molar-refractivity contribution in [2.24, 2.45) is 5.92 Å². The Bertz CT molecular complexity index is 626. The van der Waals surface area contributed by atoms with E-state index in [1.165, 1.54) is 17.5 Å². The molecule has 1 N–H and O–H groups in total. The third kappa shape index (κ3) is 7.37. The van der Waals surface area contributed by atoms with Gasteiger partial charge in [0.25, 0.3) is 0 Å². The van der Waals surface area contributed by atoms with E-state index in [0.717, 1.165) is 36.1 Å². The smallest absolute Gasteiger partial charge is 0.161 e. The first-order valence-electron chi connectivity index (χ1n) is 8.64. The molecule has 0 bridgehead atoms. The Morgan fingerprint density at radius 1 is 0.960 bits per heavy atom. The van der Waals surface area contributed by atoms with Crippen LogP contribution in [0.25, 0.3) is 0 Å². The average molecular weight is 364 g/mol. The molecule has 3 nitrogen and oxygen atoms in total. The van der Waals surface area contributed by atoms with E-state index >= 15 is 0 Å². The number of aryl methyl sites for hydroxylation is 1. The van der Waals surface area contributed by atoms with Gasteiger partial charge in [-0.15, -0.1) is 12.4 Å². The van der Waals surface area contributed by atoms with Gasteiger partial charge < -0.3 is 14.8 Å². The molecule has 25 heavy (non-hydrogen) atoms. The largest absolute Gasteiger partial charge is 0.493 e. The summed E-state index contributed by atoms with van der Waals surface area (Å²) in [4.78, 5) is 0. The molecule has 2 rings (SSSR count). The quantitative estimate of drug-likeness (QED) is 0.625. The van der Waals surface area contributed by atoms with Gasteiger partial charge in [0, 0.05) is 6.54 Å². The minimum absolute atomic E-state index is 0. The van der Waals surface area contributed by atoms with Gasteiger partial charge in [-0.05, 0) is 49.1 Å². The number of benzene rings is 2.